The molecule has 0 aromatic carbocycles. The van der Waals surface area contributed by atoms with Crippen molar-refractivity contribution in [2.75, 3.05) is 13.1 Å². The topological polar surface area (TPSA) is 59.2 Å². The molecule has 3 rings (SSSR count). The maximum absolute atomic E-state index is 13.6. The molecule has 1 saturated carbocycles. The van der Waals surface area contributed by atoms with Crippen molar-refractivity contribution in [3.05, 3.63) is 29.8 Å². The molecule has 19 heavy (non-hydrogen) atoms. The molecule has 4 nitrogen and oxygen atoms in total. The molecule has 5 heteroatoms. The van der Waals surface area contributed by atoms with Gasteiger partial charge in [0.25, 0.3) is 5.91 Å². The van der Waals surface area contributed by atoms with E-state index in [1.54, 1.807) is 4.90 Å². The van der Waals surface area contributed by atoms with E-state index in [0.717, 1.165) is 32.0 Å². The smallest absolute Gasteiger partial charge is 0.256 e. The highest BCUT2D eigenvalue weighted by Gasteiger charge is 2.39. The largest absolute Gasteiger partial charge is 0.338 e. The summed E-state index contributed by atoms with van der Waals surface area (Å²) in [4.78, 5) is 17.8. The van der Waals surface area contributed by atoms with Crippen molar-refractivity contribution in [3.8, 4) is 0 Å². The van der Waals surface area contributed by atoms with Crippen LogP contribution in [0.5, 0.6) is 0 Å². The number of aromatic nitrogens is 1. The van der Waals surface area contributed by atoms with Crippen LogP contribution in [0.25, 0.3) is 0 Å². The van der Waals surface area contributed by atoms with E-state index in [2.05, 4.69) is 4.98 Å². The summed E-state index contributed by atoms with van der Waals surface area (Å²) in [6, 6.07) is 1.71. The minimum absolute atomic E-state index is 0.123. The third-order valence-corrected chi connectivity index (χ3v) is 4.38. The molecule has 1 aliphatic carbocycles. The Morgan fingerprint density at radius 2 is 2.16 bits per heavy atom. The summed E-state index contributed by atoms with van der Waals surface area (Å²) < 4.78 is 13.6. The van der Waals surface area contributed by atoms with Crippen molar-refractivity contribution in [1.82, 2.24) is 9.88 Å². The van der Waals surface area contributed by atoms with Crippen molar-refractivity contribution in [2.45, 2.75) is 25.3 Å². The third-order valence-electron chi connectivity index (χ3n) is 4.38. The standard InChI is InChI=1S/C14H18FN3O/c15-13-6-17-4-3-12(13)14(19)18-7-9-1-2-11(16)5-10(9)8-18/h3-4,6,9-11H,1-2,5,7-8,16H2/t9-,10+,11?/m1/s1. The predicted molar refractivity (Wildman–Crippen MR) is 68.9 cm³/mol. The molecule has 0 bridgehead atoms. The molecule has 1 amide bonds. The Labute approximate surface area is 111 Å². The normalized spacial score (nSPS) is 30.2. The first-order valence-electron chi connectivity index (χ1n) is 6.79. The number of pyridine rings is 1. The van der Waals surface area contributed by atoms with Crippen LogP contribution in [0.15, 0.2) is 18.5 Å². The van der Waals surface area contributed by atoms with E-state index < -0.39 is 5.82 Å². The van der Waals surface area contributed by atoms with Crippen molar-refractivity contribution in [3.63, 3.8) is 0 Å². The Balaban J connectivity index is 1.74. The second-order valence-electron chi connectivity index (χ2n) is 5.66. The molecule has 2 aliphatic rings. The first-order chi connectivity index (χ1) is 9.15. The molecule has 2 heterocycles. The van der Waals surface area contributed by atoms with Gasteiger partial charge in [0, 0.05) is 25.3 Å². The lowest BCUT2D eigenvalue weighted by atomic mass is 9.79. The lowest BCUT2D eigenvalue weighted by Crippen LogP contribution is -2.32. The first-order valence-corrected chi connectivity index (χ1v) is 6.79. The van der Waals surface area contributed by atoms with Crippen molar-refractivity contribution >= 4 is 5.91 Å². The summed E-state index contributed by atoms with van der Waals surface area (Å²) >= 11 is 0. The van der Waals surface area contributed by atoms with E-state index in [-0.39, 0.29) is 17.5 Å². The Hall–Kier alpha value is -1.49. The number of hydrogen-bond acceptors (Lipinski definition) is 3. The minimum Gasteiger partial charge on any atom is -0.338 e. The molecule has 2 fully saturated rings. The van der Waals surface area contributed by atoms with E-state index in [9.17, 15) is 9.18 Å². The van der Waals surface area contributed by atoms with Gasteiger partial charge < -0.3 is 10.6 Å². The van der Waals surface area contributed by atoms with Crippen molar-refractivity contribution in [1.29, 1.82) is 0 Å². The van der Waals surface area contributed by atoms with Crippen LogP contribution in [-0.2, 0) is 0 Å². The van der Waals surface area contributed by atoms with Gasteiger partial charge in [-0.25, -0.2) is 4.39 Å². The van der Waals surface area contributed by atoms with Crippen LogP contribution in [-0.4, -0.2) is 34.9 Å². The maximum Gasteiger partial charge on any atom is 0.256 e. The fraction of sp³-hybridized carbons (Fsp3) is 0.571. The van der Waals surface area contributed by atoms with Crippen LogP contribution < -0.4 is 5.73 Å². The van der Waals surface area contributed by atoms with Crippen LogP contribution in [0.4, 0.5) is 4.39 Å². The van der Waals surface area contributed by atoms with Gasteiger partial charge in [-0.1, -0.05) is 0 Å². The van der Waals surface area contributed by atoms with Gasteiger partial charge >= 0.3 is 0 Å². The van der Waals surface area contributed by atoms with Crippen LogP contribution >= 0.6 is 0 Å². The molecule has 0 spiro atoms. The summed E-state index contributed by atoms with van der Waals surface area (Å²) in [5.41, 5.74) is 6.10. The van der Waals surface area contributed by atoms with Gasteiger partial charge in [0.15, 0.2) is 5.82 Å². The van der Waals surface area contributed by atoms with Gasteiger partial charge in [0.05, 0.1) is 11.8 Å². The number of amides is 1. The van der Waals surface area contributed by atoms with Crippen LogP contribution in [0.1, 0.15) is 29.6 Å². The highest BCUT2D eigenvalue weighted by molar-refractivity contribution is 5.94. The van der Waals surface area contributed by atoms with Gasteiger partial charge in [0.1, 0.15) is 0 Å². The molecular formula is C14H18FN3O. The first kappa shape index (κ1) is 12.5. The van der Waals surface area contributed by atoms with E-state index in [0.29, 0.717) is 18.4 Å². The number of hydrogen-bond donors (Lipinski definition) is 1. The van der Waals surface area contributed by atoms with E-state index >= 15 is 0 Å². The van der Waals surface area contributed by atoms with Crippen molar-refractivity contribution in [2.24, 2.45) is 17.6 Å². The van der Waals surface area contributed by atoms with E-state index in [1.165, 1.54) is 12.3 Å². The number of carbonyl (C=O) groups excluding carboxylic acids is 1. The fourth-order valence-electron chi connectivity index (χ4n) is 3.35. The SMILES string of the molecule is NC1CC[C@@H]2CN(C(=O)c3ccncc3F)C[C@@H]2C1. The number of likely N-dealkylation sites (tertiary alicyclic amines) is 1. The van der Waals surface area contributed by atoms with Gasteiger partial charge in [-0.3, -0.25) is 9.78 Å². The van der Waals surface area contributed by atoms with Gasteiger partial charge in [0.2, 0.25) is 0 Å². The summed E-state index contributed by atoms with van der Waals surface area (Å²) in [6.45, 7) is 1.44. The molecule has 3 atom stereocenters. The van der Waals surface area contributed by atoms with Gasteiger partial charge in [-0.15, -0.1) is 0 Å². The summed E-state index contributed by atoms with van der Waals surface area (Å²) in [5, 5.41) is 0. The molecule has 1 saturated heterocycles. The van der Waals surface area contributed by atoms with Crippen LogP contribution in [0, 0.1) is 17.7 Å². The Morgan fingerprint density at radius 3 is 2.95 bits per heavy atom. The summed E-state index contributed by atoms with van der Waals surface area (Å²) in [7, 11) is 0. The maximum atomic E-state index is 13.6. The Bertz CT molecular complexity index is 493. The quantitative estimate of drug-likeness (QED) is 0.833. The molecule has 102 valence electrons. The predicted octanol–water partition coefficient (Wildman–Crippen LogP) is 1.42. The number of rotatable bonds is 1. The third kappa shape index (κ3) is 2.34. The number of carbonyl (C=O) groups is 1. The lowest BCUT2D eigenvalue weighted by molar-refractivity contribution is 0.0779. The Morgan fingerprint density at radius 1 is 1.37 bits per heavy atom. The van der Waals surface area contributed by atoms with Crippen molar-refractivity contribution < 1.29 is 9.18 Å². The zero-order valence-corrected chi connectivity index (χ0v) is 10.8. The second-order valence-corrected chi connectivity index (χ2v) is 5.66. The molecule has 2 N–H and O–H groups in total. The minimum atomic E-state index is -0.543. The molecule has 1 aromatic heterocycles. The fourth-order valence-corrected chi connectivity index (χ4v) is 3.35. The highest BCUT2D eigenvalue weighted by Crippen LogP contribution is 2.36. The summed E-state index contributed by atoms with van der Waals surface area (Å²) in [5.74, 6) is 0.258. The highest BCUT2D eigenvalue weighted by atomic mass is 19.1. The molecule has 1 aliphatic heterocycles. The van der Waals surface area contributed by atoms with Crippen LogP contribution in [0.3, 0.4) is 0 Å². The van der Waals surface area contributed by atoms with E-state index in [1.807, 2.05) is 0 Å². The zero-order chi connectivity index (χ0) is 13.4. The van der Waals surface area contributed by atoms with Gasteiger partial charge in [-0.05, 0) is 37.2 Å². The molecule has 1 unspecified atom stereocenters. The lowest BCUT2D eigenvalue weighted by Gasteiger charge is -2.27. The number of nitrogens with zero attached hydrogens (tertiary/aromatic N) is 2. The van der Waals surface area contributed by atoms with Crippen LogP contribution in [0.2, 0.25) is 0 Å². The Kier molecular flexibility index (Phi) is 3.22. The summed E-state index contributed by atoms with van der Waals surface area (Å²) in [6.07, 6.45) is 5.64. The number of fused-ring (bicyclic) bond motifs is 1. The molecular weight excluding hydrogens is 245 g/mol. The zero-order valence-electron chi connectivity index (χ0n) is 10.8. The average Bonchev–Trinajstić information content (AvgIpc) is 2.81. The molecule has 0 radical (unpaired) electrons. The molecule has 1 aromatic rings. The van der Waals surface area contributed by atoms with Gasteiger partial charge in [-0.2, -0.15) is 0 Å². The van der Waals surface area contributed by atoms with E-state index in [4.69, 9.17) is 5.73 Å². The number of nitrogens with two attached hydrogens (primary N) is 1. The second kappa shape index (κ2) is 4.89. The average molecular weight is 263 g/mol. The number of halogens is 1. The monoisotopic (exact) mass is 263 g/mol.